The first kappa shape index (κ1) is 16.8. The monoisotopic (exact) mass is 296 g/mol. The molecule has 1 heteroatoms. The van der Waals surface area contributed by atoms with E-state index in [2.05, 4.69) is 61.5 Å². The summed E-state index contributed by atoms with van der Waals surface area (Å²) in [5.74, 6) is 0.800. The molecule has 0 saturated carbocycles. The molecule has 1 unspecified atom stereocenters. The molecule has 1 atom stereocenters. The smallest absolute Gasteiger partial charge is 0.0716 e. The van der Waals surface area contributed by atoms with Gasteiger partial charge in [0.05, 0.1) is 6.61 Å². The summed E-state index contributed by atoms with van der Waals surface area (Å²) in [5.41, 5.74) is 2.72. The van der Waals surface area contributed by atoms with Crippen molar-refractivity contribution in [2.24, 2.45) is 5.92 Å². The maximum atomic E-state index is 5.73. The van der Waals surface area contributed by atoms with Crippen LogP contribution < -0.4 is 0 Å². The largest absolute Gasteiger partial charge is 0.377 e. The highest BCUT2D eigenvalue weighted by Gasteiger charge is 2.03. The normalized spacial score (nSPS) is 12.2. The third-order valence-corrected chi connectivity index (χ3v) is 4.12. The molecule has 0 radical (unpaired) electrons. The predicted molar refractivity (Wildman–Crippen MR) is 93.9 cm³/mol. The Balaban J connectivity index is 1.48. The predicted octanol–water partition coefficient (Wildman–Crippen LogP) is 5.64. The highest BCUT2D eigenvalue weighted by molar-refractivity contribution is 5.14. The molecule has 1 nitrogen and oxygen atoms in total. The van der Waals surface area contributed by atoms with E-state index in [1.807, 2.05) is 6.07 Å². The molecule has 0 saturated heterocycles. The minimum atomic E-state index is 0.740. The van der Waals surface area contributed by atoms with Crippen LogP contribution in [0.1, 0.15) is 43.7 Å². The Bertz CT molecular complexity index is 492. The fourth-order valence-corrected chi connectivity index (χ4v) is 2.66. The van der Waals surface area contributed by atoms with E-state index in [9.17, 15) is 0 Å². The Morgan fingerprint density at radius 1 is 0.773 bits per heavy atom. The first-order valence-corrected chi connectivity index (χ1v) is 8.50. The number of hydrogen-bond donors (Lipinski definition) is 0. The lowest BCUT2D eigenvalue weighted by Crippen LogP contribution is -2.00. The van der Waals surface area contributed by atoms with E-state index in [0.29, 0.717) is 0 Å². The van der Waals surface area contributed by atoms with Gasteiger partial charge in [0.25, 0.3) is 0 Å². The van der Waals surface area contributed by atoms with E-state index < -0.39 is 0 Å². The summed E-state index contributed by atoms with van der Waals surface area (Å²) in [4.78, 5) is 0. The molecule has 0 aliphatic heterocycles. The van der Waals surface area contributed by atoms with E-state index in [1.54, 1.807) is 0 Å². The summed E-state index contributed by atoms with van der Waals surface area (Å²) < 4.78 is 5.73. The molecule has 0 aliphatic carbocycles. The Labute approximate surface area is 135 Å². The van der Waals surface area contributed by atoms with Gasteiger partial charge in [0.15, 0.2) is 0 Å². The third-order valence-electron chi connectivity index (χ3n) is 4.12. The van der Waals surface area contributed by atoms with Crippen molar-refractivity contribution in [2.45, 2.75) is 45.6 Å². The van der Waals surface area contributed by atoms with Crippen molar-refractivity contribution in [3.8, 4) is 0 Å². The second-order valence-corrected chi connectivity index (χ2v) is 6.16. The maximum absolute atomic E-state index is 5.73. The van der Waals surface area contributed by atoms with Crippen LogP contribution in [0.5, 0.6) is 0 Å². The van der Waals surface area contributed by atoms with Gasteiger partial charge in [-0.15, -0.1) is 0 Å². The van der Waals surface area contributed by atoms with E-state index in [-0.39, 0.29) is 0 Å². The molecule has 2 rings (SSSR count). The standard InChI is InChI=1S/C21H28O/c1-19(15-16-20-11-4-2-5-12-20)10-8-9-17-22-18-21-13-6-3-7-14-21/h2-7,11-14,19H,8-10,15-18H2,1H3. The minimum Gasteiger partial charge on any atom is -0.377 e. The van der Waals surface area contributed by atoms with Crippen molar-refractivity contribution in [3.05, 3.63) is 71.8 Å². The van der Waals surface area contributed by atoms with Gasteiger partial charge in [-0.25, -0.2) is 0 Å². The number of ether oxygens (including phenoxy) is 1. The number of hydrogen-bond acceptors (Lipinski definition) is 1. The molecule has 2 aromatic carbocycles. The van der Waals surface area contributed by atoms with Crippen LogP contribution in [0.15, 0.2) is 60.7 Å². The van der Waals surface area contributed by atoms with Crippen LogP contribution in [0.4, 0.5) is 0 Å². The summed E-state index contributed by atoms with van der Waals surface area (Å²) >= 11 is 0. The van der Waals surface area contributed by atoms with Gasteiger partial charge in [-0.2, -0.15) is 0 Å². The van der Waals surface area contributed by atoms with Crippen molar-refractivity contribution in [1.82, 2.24) is 0 Å². The second kappa shape index (κ2) is 10.2. The summed E-state index contributed by atoms with van der Waals surface area (Å²) in [5, 5.41) is 0. The quantitative estimate of drug-likeness (QED) is 0.515. The van der Waals surface area contributed by atoms with Crippen molar-refractivity contribution >= 4 is 0 Å². The number of aryl methyl sites for hydroxylation is 1. The molecule has 22 heavy (non-hydrogen) atoms. The summed E-state index contributed by atoms with van der Waals surface area (Å²) in [6, 6.07) is 21.2. The van der Waals surface area contributed by atoms with Crippen LogP contribution in [-0.2, 0) is 17.8 Å². The number of rotatable bonds is 10. The van der Waals surface area contributed by atoms with Crippen LogP contribution in [0, 0.1) is 5.92 Å². The minimum absolute atomic E-state index is 0.740. The molecule has 0 heterocycles. The summed E-state index contributed by atoms with van der Waals surface area (Å²) in [7, 11) is 0. The van der Waals surface area contributed by atoms with E-state index in [4.69, 9.17) is 4.74 Å². The fraction of sp³-hybridized carbons (Fsp3) is 0.429. The SMILES string of the molecule is CC(CCCCOCc1ccccc1)CCc1ccccc1. The lowest BCUT2D eigenvalue weighted by molar-refractivity contribution is 0.116. The van der Waals surface area contributed by atoms with Gasteiger partial charge < -0.3 is 4.74 Å². The molecular weight excluding hydrogens is 268 g/mol. The van der Waals surface area contributed by atoms with Crippen LogP contribution in [0.2, 0.25) is 0 Å². The maximum Gasteiger partial charge on any atom is 0.0716 e. The van der Waals surface area contributed by atoms with Gasteiger partial charge in [-0.05, 0) is 36.3 Å². The van der Waals surface area contributed by atoms with E-state index in [1.165, 1.54) is 43.2 Å². The zero-order valence-corrected chi connectivity index (χ0v) is 13.7. The number of unbranched alkanes of at least 4 members (excludes halogenated alkanes) is 1. The fourth-order valence-electron chi connectivity index (χ4n) is 2.66. The molecule has 0 N–H and O–H groups in total. The molecule has 118 valence electrons. The molecule has 0 aliphatic rings. The van der Waals surface area contributed by atoms with Crippen molar-refractivity contribution in [1.29, 1.82) is 0 Å². The van der Waals surface area contributed by atoms with Crippen molar-refractivity contribution in [2.75, 3.05) is 6.61 Å². The van der Waals surface area contributed by atoms with Gasteiger partial charge in [0.2, 0.25) is 0 Å². The van der Waals surface area contributed by atoms with Gasteiger partial charge in [-0.3, -0.25) is 0 Å². The molecule has 0 fully saturated rings. The van der Waals surface area contributed by atoms with E-state index in [0.717, 1.165) is 19.1 Å². The Kier molecular flexibility index (Phi) is 7.76. The first-order valence-electron chi connectivity index (χ1n) is 8.50. The topological polar surface area (TPSA) is 9.23 Å². The second-order valence-electron chi connectivity index (χ2n) is 6.16. The van der Waals surface area contributed by atoms with Crippen LogP contribution in [0.3, 0.4) is 0 Å². The lowest BCUT2D eigenvalue weighted by Gasteiger charge is -2.11. The Morgan fingerprint density at radius 3 is 2.09 bits per heavy atom. The number of benzene rings is 2. The Hall–Kier alpha value is -1.60. The molecular formula is C21H28O. The molecule has 0 amide bonds. The highest BCUT2D eigenvalue weighted by Crippen LogP contribution is 2.15. The third kappa shape index (κ3) is 6.91. The van der Waals surface area contributed by atoms with Gasteiger partial charge >= 0.3 is 0 Å². The van der Waals surface area contributed by atoms with Crippen LogP contribution >= 0.6 is 0 Å². The van der Waals surface area contributed by atoms with Crippen LogP contribution in [0.25, 0.3) is 0 Å². The molecule has 0 spiro atoms. The lowest BCUT2D eigenvalue weighted by atomic mass is 9.96. The van der Waals surface area contributed by atoms with Crippen molar-refractivity contribution in [3.63, 3.8) is 0 Å². The van der Waals surface area contributed by atoms with Gasteiger partial charge in [0.1, 0.15) is 0 Å². The summed E-state index contributed by atoms with van der Waals surface area (Å²) in [6.45, 7) is 3.98. The Morgan fingerprint density at radius 2 is 1.41 bits per heavy atom. The zero-order chi connectivity index (χ0) is 15.5. The van der Waals surface area contributed by atoms with E-state index >= 15 is 0 Å². The molecule has 2 aromatic rings. The molecule has 0 bridgehead atoms. The van der Waals surface area contributed by atoms with Crippen molar-refractivity contribution < 1.29 is 4.74 Å². The van der Waals surface area contributed by atoms with Crippen LogP contribution in [-0.4, -0.2) is 6.61 Å². The average Bonchev–Trinajstić information content (AvgIpc) is 2.58. The van der Waals surface area contributed by atoms with Gasteiger partial charge in [-0.1, -0.05) is 80.4 Å². The highest BCUT2D eigenvalue weighted by atomic mass is 16.5. The average molecular weight is 296 g/mol. The first-order chi connectivity index (χ1) is 10.8. The summed E-state index contributed by atoms with van der Waals surface area (Å²) in [6.07, 6.45) is 6.23. The zero-order valence-electron chi connectivity index (χ0n) is 13.7. The van der Waals surface area contributed by atoms with Gasteiger partial charge in [0, 0.05) is 6.61 Å². The molecule has 0 aromatic heterocycles.